The highest BCUT2D eigenvalue weighted by molar-refractivity contribution is 4.97. The van der Waals surface area contributed by atoms with E-state index < -0.39 is 0 Å². The summed E-state index contributed by atoms with van der Waals surface area (Å²) in [6.07, 6.45) is 1.15. The molecule has 1 aromatic rings. The summed E-state index contributed by atoms with van der Waals surface area (Å²) in [5.41, 5.74) is 0. The molecule has 0 aromatic carbocycles. The van der Waals surface area contributed by atoms with Crippen molar-refractivity contribution in [1.82, 2.24) is 25.5 Å². The topological polar surface area (TPSA) is 57.7 Å². The third-order valence-electron chi connectivity index (χ3n) is 2.68. The van der Waals surface area contributed by atoms with E-state index in [4.69, 9.17) is 0 Å². The van der Waals surface area contributed by atoms with Crippen LogP contribution in [-0.2, 0) is 0 Å². The van der Waals surface area contributed by atoms with Gasteiger partial charge >= 0.3 is 0 Å². The summed E-state index contributed by atoms with van der Waals surface area (Å²) in [4.78, 5) is 2.45. The first-order valence-electron chi connectivity index (χ1n) is 4.74. The quantitative estimate of drug-likeness (QED) is 0.717. The molecular weight excluding hydrogens is 166 g/mol. The van der Waals surface area contributed by atoms with Crippen molar-refractivity contribution in [2.24, 2.45) is 0 Å². The van der Waals surface area contributed by atoms with Gasteiger partial charge in [0.2, 0.25) is 0 Å². The van der Waals surface area contributed by atoms with E-state index in [9.17, 15) is 0 Å². The van der Waals surface area contributed by atoms with Gasteiger partial charge in [0.15, 0.2) is 5.82 Å². The maximum absolute atomic E-state index is 4.02. The largest absolute Gasteiger partial charge is 0.300 e. The van der Waals surface area contributed by atoms with E-state index in [-0.39, 0.29) is 0 Å². The van der Waals surface area contributed by atoms with Crippen molar-refractivity contribution in [2.45, 2.75) is 32.2 Å². The Morgan fingerprint density at radius 2 is 2.38 bits per heavy atom. The molecule has 1 aromatic heterocycles. The summed E-state index contributed by atoms with van der Waals surface area (Å²) in [7, 11) is 0. The zero-order valence-corrected chi connectivity index (χ0v) is 8.06. The van der Waals surface area contributed by atoms with Crippen LogP contribution in [0.5, 0.6) is 0 Å². The normalized spacial score (nSPS) is 24.4. The smallest absolute Gasteiger partial charge is 0.178 e. The zero-order valence-electron chi connectivity index (χ0n) is 8.06. The molecule has 0 radical (unpaired) electrons. The molecule has 72 valence electrons. The summed E-state index contributed by atoms with van der Waals surface area (Å²) in [5.74, 6) is 1.34. The van der Waals surface area contributed by atoms with E-state index in [1.807, 2.05) is 0 Å². The predicted molar refractivity (Wildman–Crippen MR) is 48.2 cm³/mol. The molecule has 2 rings (SSSR count). The Kier molecular flexibility index (Phi) is 2.26. The monoisotopic (exact) mass is 181 g/mol. The Hall–Kier alpha value is -0.970. The van der Waals surface area contributed by atoms with Gasteiger partial charge in [0.25, 0.3) is 0 Å². The molecular formula is C8H15N5. The number of aromatic amines is 1. The van der Waals surface area contributed by atoms with Crippen LogP contribution < -0.4 is 0 Å². The lowest BCUT2D eigenvalue weighted by atomic mass is 10.1. The van der Waals surface area contributed by atoms with Gasteiger partial charge in [-0.2, -0.15) is 5.21 Å². The van der Waals surface area contributed by atoms with Crippen molar-refractivity contribution in [3.63, 3.8) is 0 Å². The van der Waals surface area contributed by atoms with Gasteiger partial charge in [0.05, 0.1) is 0 Å². The van der Waals surface area contributed by atoms with Crippen LogP contribution in [0.25, 0.3) is 0 Å². The third kappa shape index (κ3) is 1.70. The van der Waals surface area contributed by atoms with E-state index in [0.717, 1.165) is 25.3 Å². The standard InChI is InChI=1S/C8H15N5/c1-6(2)13-4-3-7(5-13)8-9-11-12-10-8/h6-7H,3-5H2,1-2H3,(H,9,10,11,12)/t7-/m0/s1. The fraction of sp³-hybridized carbons (Fsp3) is 0.875. The number of hydrogen-bond acceptors (Lipinski definition) is 4. The van der Waals surface area contributed by atoms with Gasteiger partial charge in [0, 0.05) is 18.5 Å². The first kappa shape index (κ1) is 8.62. The number of nitrogens with zero attached hydrogens (tertiary/aromatic N) is 4. The number of aromatic nitrogens is 4. The molecule has 0 aliphatic carbocycles. The van der Waals surface area contributed by atoms with Crippen molar-refractivity contribution in [3.05, 3.63) is 5.82 Å². The molecule has 1 aliphatic heterocycles. The molecule has 0 unspecified atom stereocenters. The molecule has 0 amide bonds. The predicted octanol–water partition coefficient (Wildman–Crippen LogP) is 0.397. The maximum Gasteiger partial charge on any atom is 0.178 e. The van der Waals surface area contributed by atoms with Gasteiger partial charge in [-0.05, 0) is 26.8 Å². The minimum absolute atomic E-state index is 0.473. The van der Waals surface area contributed by atoms with Crippen LogP contribution in [-0.4, -0.2) is 44.7 Å². The Morgan fingerprint density at radius 3 is 2.92 bits per heavy atom. The lowest BCUT2D eigenvalue weighted by Crippen LogP contribution is -2.28. The van der Waals surface area contributed by atoms with Crippen LogP contribution in [0.4, 0.5) is 0 Å². The summed E-state index contributed by atoms with van der Waals surface area (Å²) < 4.78 is 0. The number of H-pyrrole nitrogens is 1. The molecule has 1 atom stereocenters. The number of rotatable bonds is 2. The SMILES string of the molecule is CC(C)N1CC[C@H](c2nn[nH]n2)C1. The Bertz CT molecular complexity index is 256. The number of tetrazole rings is 1. The van der Waals surface area contributed by atoms with Crippen LogP contribution in [0.1, 0.15) is 32.0 Å². The number of hydrogen-bond donors (Lipinski definition) is 1. The van der Waals surface area contributed by atoms with Gasteiger partial charge in [0.1, 0.15) is 0 Å². The van der Waals surface area contributed by atoms with Gasteiger partial charge in [-0.3, -0.25) is 0 Å². The van der Waals surface area contributed by atoms with Crippen molar-refractivity contribution >= 4 is 0 Å². The van der Waals surface area contributed by atoms with Gasteiger partial charge in [-0.25, -0.2) is 0 Å². The molecule has 0 saturated carbocycles. The van der Waals surface area contributed by atoms with Gasteiger partial charge in [-0.1, -0.05) is 5.21 Å². The van der Waals surface area contributed by atoms with E-state index in [0.29, 0.717) is 12.0 Å². The minimum Gasteiger partial charge on any atom is -0.300 e. The van der Waals surface area contributed by atoms with E-state index in [1.54, 1.807) is 0 Å². The second-order valence-corrected chi connectivity index (χ2v) is 3.84. The zero-order chi connectivity index (χ0) is 9.26. The van der Waals surface area contributed by atoms with Gasteiger partial charge in [-0.15, -0.1) is 10.2 Å². The second-order valence-electron chi connectivity index (χ2n) is 3.84. The minimum atomic E-state index is 0.473. The molecule has 1 N–H and O–H groups in total. The molecule has 5 nitrogen and oxygen atoms in total. The summed E-state index contributed by atoms with van der Waals surface area (Å²) in [5, 5.41) is 14.1. The van der Waals surface area contributed by atoms with Crippen LogP contribution >= 0.6 is 0 Å². The van der Waals surface area contributed by atoms with E-state index >= 15 is 0 Å². The summed E-state index contributed by atoms with van der Waals surface area (Å²) in [6.45, 7) is 6.66. The third-order valence-corrected chi connectivity index (χ3v) is 2.68. The highest BCUT2D eigenvalue weighted by Gasteiger charge is 2.27. The highest BCUT2D eigenvalue weighted by atomic mass is 15.5. The lowest BCUT2D eigenvalue weighted by molar-refractivity contribution is 0.272. The average Bonchev–Trinajstić information content (AvgIpc) is 2.75. The fourth-order valence-electron chi connectivity index (χ4n) is 1.81. The average molecular weight is 181 g/mol. The molecule has 2 heterocycles. The lowest BCUT2D eigenvalue weighted by Gasteiger charge is -2.19. The molecule has 1 saturated heterocycles. The van der Waals surface area contributed by atoms with Crippen LogP contribution in [0.3, 0.4) is 0 Å². The van der Waals surface area contributed by atoms with Crippen molar-refractivity contribution in [3.8, 4) is 0 Å². The first-order valence-corrected chi connectivity index (χ1v) is 4.74. The van der Waals surface area contributed by atoms with Crippen LogP contribution in [0, 0.1) is 0 Å². The molecule has 13 heavy (non-hydrogen) atoms. The molecule has 0 spiro atoms. The van der Waals surface area contributed by atoms with Crippen molar-refractivity contribution < 1.29 is 0 Å². The molecule has 0 bridgehead atoms. The van der Waals surface area contributed by atoms with Crippen LogP contribution in [0.15, 0.2) is 0 Å². The van der Waals surface area contributed by atoms with E-state index in [2.05, 4.69) is 39.4 Å². The second kappa shape index (κ2) is 3.41. The maximum atomic E-state index is 4.02. The molecule has 1 aliphatic rings. The highest BCUT2D eigenvalue weighted by Crippen LogP contribution is 2.24. The number of likely N-dealkylation sites (tertiary alicyclic amines) is 1. The Morgan fingerprint density at radius 1 is 1.54 bits per heavy atom. The van der Waals surface area contributed by atoms with Crippen molar-refractivity contribution in [2.75, 3.05) is 13.1 Å². The molecule has 1 fully saturated rings. The van der Waals surface area contributed by atoms with Crippen LogP contribution in [0.2, 0.25) is 0 Å². The number of nitrogens with one attached hydrogen (secondary N) is 1. The first-order chi connectivity index (χ1) is 6.27. The van der Waals surface area contributed by atoms with E-state index in [1.165, 1.54) is 0 Å². The van der Waals surface area contributed by atoms with Gasteiger partial charge < -0.3 is 4.90 Å². The Labute approximate surface area is 77.5 Å². The van der Waals surface area contributed by atoms with Crippen molar-refractivity contribution in [1.29, 1.82) is 0 Å². The molecule has 5 heteroatoms. The Balaban J connectivity index is 1.99. The summed E-state index contributed by atoms with van der Waals surface area (Å²) in [6, 6.07) is 0.622. The fourth-order valence-corrected chi connectivity index (χ4v) is 1.81. The summed E-state index contributed by atoms with van der Waals surface area (Å²) >= 11 is 0.